The molecule has 0 saturated carbocycles. The minimum absolute atomic E-state index is 0.115. The summed E-state index contributed by atoms with van der Waals surface area (Å²) >= 11 is 5.63. The largest absolute Gasteiger partial charge is 0.457 e. The number of alkyl halides is 1. The Labute approximate surface area is 158 Å². The molecule has 0 aromatic carbocycles. The SMILES string of the molecule is CCOC(=O)P(=O)(O)O[C@H]1C[C@H](n2cc(CCCl)c(=O)[nH]c2=O)O[C@@H]1CO. The number of aliphatic hydroxyl groups is 1. The van der Waals surface area contributed by atoms with E-state index in [9.17, 15) is 28.9 Å². The molecule has 0 radical (unpaired) electrons. The summed E-state index contributed by atoms with van der Waals surface area (Å²) < 4.78 is 28.0. The Balaban J connectivity index is 2.24. The van der Waals surface area contributed by atoms with Crippen molar-refractivity contribution in [1.82, 2.24) is 9.55 Å². The van der Waals surface area contributed by atoms with Crippen molar-refractivity contribution >= 4 is 24.9 Å². The van der Waals surface area contributed by atoms with E-state index in [2.05, 4.69) is 9.72 Å². The number of carbonyl (C=O) groups excluding carboxylic acids is 1. The van der Waals surface area contributed by atoms with Crippen LogP contribution in [0.15, 0.2) is 15.8 Å². The second-order valence-corrected chi connectivity index (χ2v) is 7.67. The normalized spacial score (nSPS) is 24.5. The number of aromatic amines is 1. The summed E-state index contributed by atoms with van der Waals surface area (Å²) in [4.78, 5) is 47.2. The van der Waals surface area contributed by atoms with Gasteiger partial charge >= 0.3 is 19.0 Å². The van der Waals surface area contributed by atoms with Crippen LogP contribution in [0.1, 0.15) is 25.1 Å². The summed E-state index contributed by atoms with van der Waals surface area (Å²) in [6, 6.07) is 0. The van der Waals surface area contributed by atoms with Gasteiger partial charge in [0.1, 0.15) is 18.4 Å². The predicted octanol–water partition coefficient (Wildman–Crippen LogP) is 0.325. The summed E-state index contributed by atoms with van der Waals surface area (Å²) in [6.45, 7) is 0.761. The van der Waals surface area contributed by atoms with Gasteiger partial charge in [-0.25, -0.2) is 14.2 Å². The molecule has 0 amide bonds. The lowest BCUT2D eigenvalue weighted by Crippen LogP contribution is -2.34. The molecule has 0 aliphatic carbocycles. The minimum atomic E-state index is -4.77. The zero-order valence-corrected chi connectivity index (χ0v) is 16.0. The van der Waals surface area contributed by atoms with Gasteiger partial charge in [-0.15, -0.1) is 11.6 Å². The summed E-state index contributed by atoms with van der Waals surface area (Å²) in [6.07, 6.45) is -1.86. The molecule has 1 aliphatic heterocycles. The van der Waals surface area contributed by atoms with Crippen LogP contribution in [0.4, 0.5) is 4.79 Å². The molecule has 152 valence electrons. The molecule has 1 saturated heterocycles. The number of nitrogens with zero attached hydrogens (tertiary/aromatic N) is 1. The highest BCUT2D eigenvalue weighted by Crippen LogP contribution is 2.48. The van der Waals surface area contributed by atoms with E-state index >= 15 is 0 Å². The first-order chi connectivity index (χ1) is 12.7. The van der Waals surface area contributed by atoms with Crippen molar-refractivity contribution in [2.75, 3.05) is 19.1 Å². The Morgan fingerprint density at radius 2 is 2.22 bits per heavy atom. The van der Waals surface area contributed by atoms with E-state index in [1.165, 1.54) is 13.1 Å². The average molecular weight is 427 g/mol. The van der Waals surface area contributed by atoms with Crippen molar-refractivity contribution in [3.63, 3.8) is 0 Å². The third-order valence-corrected chi connectivity index (χ3v) is 5.19. The molecule has 27 heavy (non-hydrogen) atoms. The Morgan fingerprint density at radius 3 is 2.81 bits per heavy atom. The summed E-state index contributed by atoms with van der Waals surface area (Å²) in [5.41, 5.74) is -2.52. The monoisotopic (exact) mass is 426 g/mol. The maximum Gasteiger partial charge on any atom is 0.436 e. The van der Waals surface area contributed by atoms with Crippen molar-refractivity contribution in [2.24, 2.45) is 0 Å². The number of hydrogen-bond donors (Lipinski definition) is 3. The van der Waals surface area contributed by atoms with Crippen LogP contribution in [0.3, 0.4) is 0 Å². The molecule has 1 unspecified atom stereocenters. The molecule has 4 atom stereocenters. The van der Waals surface area contributed by atoms with E-state index < -0.39 is 49.6 Å². The maximum absolute atomic E-state index is 12.1. The second-order valence-electron chi connectivity index (χ2n) is 5.67. The standard InChI is InChI=1S/C14H20ClN2O9P/c1-2-24-14(21)27(22,23)26-9-5-11(25-10(9)7-18)17-6-8(3-4-15)12(19)16-13(17)20/h6,9-11,18H,2-5,7H2,1H3,(H,22,23)(H,16,19,20)/t9-,10+,11+/m0/s1. The van der Waals surface area contributed by atoms with Crippen LogP contribution in [0.25, 0.3) is 0 Å². The molecule has 2 heterocycles. The fraction of sp³-hybridized carbons (Fsp3) is 0.643. The van der Waals surface area contributed by atoms with Gasteiger partial charge in [0.25, 0.3) is 5.56 Å². The first-order valence-electron chi connectivity index (χ1n) is 8.08. The highest BCUT2D eigenvalue weighted by atomic mass is 35.5. The fourth-order valence-corrected chi connectivity index (χ4v) is 3.77. The van der Waals surface area contributed by atoms with E-state index in [0.29, 0.717) is 0 Å². The van der Waals surface area contributed by atoms with Crippen LogP contribution >= 0.6 is 19.2 Å². The lowest BCUT2D eigenvalue weighted by molar-refractivity contribution is -0.0432. The quantitative estimate of drug-likeness (QED) is 0.393. The van der Waals surface area contributed by atoms with Crippen molar-refractivity contribution in [2.45, 2.75) is 38.2 Å². The molecule has 13 heteroatoms. The minimum Gasteiger partial charge on any atom is -0.457 e. The number of aliphatic hydroxyl groups excluding tert-OH is 1. The fourth-order valence-electron chi connectivity index (χ4n) is 2.60. The van der Waals surface area contributed by atoms with Gasteiger partial charge in [0, 0.05) is 24.1 Å². The first kappa shape index (κ1) is 21.8. The molecule has 11 nitrogen and oxygen atoms in total. The topological polar surface area (TPSA) is 157 Å². The summed E-state index contributed by atoms with van der Waals surface area (Å²) in [5, 5.41) is 9.44. The van der Waals surface area contributed by atoms with Gasteiger partial charge < -0.3 is 19.5 Å². The summed E-state index contributed by atoms with van der Waals surface area (Å²) in [7, 11) is -4.77. The van der Waals surface area contributed by atoms with E-state index in [-0.39, 0.29) is 30.9 Å². The first-order valence-corrected chi connectivity index (χ1v) is 10.2. The number of hydrogen-bond acceptors (Lipinski definition) is 8. The number of ether oxygens (including phenoxy) is 2. The van der Waals surface area contributed by atoms with Gasteiger partial charge in [-0.05, 0) is 13.3 Å². The molecule has 3 N–H and O–H groups in total. The number of halogens is 1. The molecule has 1 fully saturated rings. The third kappa shape index (κ3) is 5.07. The average Bonchev–Trinajstić information content (AvgIpc) is 2.99. The predicted molar refractivity (Wildman–Crippen MR) is 93.1 cm³/mol. The van der Waals surface area contributed by atoms with Crippen LogP contribution < -0.4 is 11.2 Å². The molecule has 2 rings (SSSR count). The molecule has 0 bridgehead atoms. The highest BCUT2D eigenvalue weighted by Gasteiger charge is 2.44. The Morgan fingerprint density at radius 1 is 1.52 bits per heavy atom. The van der Waals surface area contributed by atoms with Gasteiger partial charge in [0.05, 0.1) is 13.2 Å². The van der Waals surface area contributed by atoms with Crippen LogP contribution in [0.2, 0.25) is 0 Å². The second kappa shape index (κ2) is 9.13. The van der Waals surface area contributed by atoms with Gasteiger partial charge in [-0.3, -0.25) is 18.9 Å². The van der Waals surface area contributed by atoms with Crippen LogP contribution in [0.5, 0.6) is 0 Å². The van der Waals surface area contributed by atoms with Crippen LogP contribution in [0, 0.1) is 0 Å². The van der Waals surface area contributed by atoms with Crippen molar-refractivity contribution in [3.8, 4) is 0 Å². The molecule has 0 spiro atoms. The Hall–Kier alpha value is -1.49. The molecular weight excluding hydrogens is 407 g/mol. The van der Waals surface area contributed by atoms with Gasteiger partial charge in [0.2, 0.25) is 0 Å². The smallest absolute Gasteiger partial charge is 0.436 e. The zero-order valence-electron chi connectivity index (χ0n) is 14.4. The summed E-state index contributed by atoms with van der Waals surface area (Å²) in [5.74, 6) is 0.158. The van der Waals surface area contributed by atoms with Gasteiger partial charge in [0.15, 0.2) is 0 Å². The number of H-pyrrole nitrogens is 1. The molecule has 1 aliphatic rings. The highest BCUT2D eigenvalue weighted by molar-refractivity contribution is 7.70. The van der Waals surface area contributed by atoms with E-state index in [1.807, 2.05) is 0 Å². The van der Waals surface area contributed by atoms with Gasteiger partial charge in [-0.1, -0.05) is 0 Å². The van der Waals surface area contributed by atoms with Crippen LogP contribution in [-0.4, -0.2) is 56.6 Å². The Kier molecular flexibility index (Phi) is 7.38. The van der Waals surface area contributed by atoms with Gasteiger partial charge in [-0.2, -0.15) is 0 Å². The maximum atomic E-state index is 12.1. The molecule has 1 aromatic heterocycles. The lowest BCUT2D eigenvalue weighted by atomic mass is 10.2. The Bertz CT molecular complexity index is 839. The van der Waals surface area contributed by atoms with E-state index in [4.69, 9.17) is 20.9 Å². The van der Waals surface area contributed by atoms with E-state index in [0.717, 1.165) is 4.57 Å². The van der Waals surface area contributed by atoms with Crippen LogP contribution in [-0.2, 0) is 25.0 Å². The number of aromatic nitrogens is 2. The number of rotatable bonds is 8. The lowest BCUT2D eigenvalue weighted by Gasteiger charge is -2.18. The zero-order chi connectivity index (χ0) is 20.2. The van der Waals surface area contributed by atoms with Crippen molar-refractivity contribution < 1.29 is 33.4 Å². The number of carbonyl (C=O) groups is 1. The van der Waals surface area contributed by atoms with E-state index in [1.54, 1.807) is 0 Å². The number of nitrogens with one attached hydrogen (secondary N) is 1. The molecular formula is C14H20ClN2O9P. The van der Waals surface area contributed by atoms with Crippen molar-refractivity contribution in [3.05, 3.63) is 32.6 Å². The number of aryl methyl sites for hydroxylation is 1. The van der Waals surface area contributed by atoms with Crippen molar-refractivity contribution in [1.29, 1.82) is 0 Å². The third-order valence-electron chi connectivity index (χ3n) is 3.85. The molecule has 1 aromatic rings.